The molecule has 0 saturated heterocycles. The van der Waals surface area contributed by atoms with E-state index in [1.807, 2.05) is 30.3 Å². The predicted octanol–water partition coefficient (Wildman–Crippen LogP) is 4.10. The molecule has 19 heavy (non-hydrogen) atoms. The van der Waals surface area contributed by atoms with Gasteiger partial charge in [-0.3, -0.25) is 4.79 Å². The van der Waals surface area contributed by atoms with Crippen LogP contribution in [-0.4, -0.2) is 12.4 Å². The molecule has 0 heterocycles. The fourth-order valence-corrected chi connectivity index (χ4v) is 2.87. The summed E-state index contributed by atoms with van der Waals surface area (Å²) in [4.78, 5) is 11.9. The average molecular weight is 260 g/mol. The molecule has 0 bridgehead atoms. The number of hydrogen-bond acceptors (Lipinski definition) is 2. The zero-order chi connectivity index (χ0) is 13.7. The number of rotatable bonds is 5. The molecule has 1 aliphatic carbocycles. The Kier molecular flexibility index (Phi) is 5.00. The fourth-order valence-electron chi connectivity index (χ4n) is 2.87. The van der Waals surface area contributed by atoms with Gasteiger partial charge in [0.2, 0.25) is 0 Å². The van der Waals surface area contributed by atoms with Crippen molar-refractivity contribution >= 4 is 5.78 Å². The summed E-state index contributed by atoms with van der Waals surface area (Å²) in [6, 6.07) is 9.83. The van der Waals surface area contributed by atoms with Crippen molar-refractivity contribution < 1.29 is 9.53 Å². The fraction of sp³-hybridized carbons (Fsp3) is 0.588. The molecule has 1 fully saturated rings. The molecule has 0 N–H and O–H groups in total. The minimum atomic E-state index is 0.213. The van der Waals surface area contributed by atoms with Crippen molar-refractivity contribution in [2.45, 2.75) is 39.5 Å². The van der Waals surface area contributed by atoms with E-state index >= 15 is 0 Å². The lowest BCUT2D eigenvalue weighted by Crippen LogP contribution is -2.28. The number of hydrogen-bond donors (Lipinski definition) is 0. The second kappa shape index (κ2) is 6.74. The van der Waals surface area contributed by atoms with E-state index in [0.717, 1.165) is 31.4 Å². The Morgan fingerprint density at radius 2 is 2.00 bits per heavy atom. The van der Waals surface area contributed by atoms with Gasteiger partial charge in [0.05, 0.1) is 6.61 Å². The topological polar surface area (TPSA) is 26.3 Å². The molecule has 2 nitrogen and oxygen atoms in total. The molecule has 2 heteroatoms. The largest absolute Gasteiger partial charge is 0.494 e. The van der Waals surface area contributed by atoms with E-state index in [0.29, 0.717) is 24.2 Å². The molecule has 2 unspecified atom stereocenters. The first-order valence-corrected chi connectivity index (χ1v) is 7.37. The average Bonchev–Trinajstić information content (AvgIpc) is 2.42. The first-order valence-electron chi connectivity index (χ1n) is 7.37. The summed E-state index contributed by atoms with van der Waals surface area (Å²) in [7, 11) is 0. The first-order chi connectivity index (χ1) is 9.16. The highest BCUT2D eigenvalue weighted by Crippen LogP contribution is 2.33. The maximum atomic E-state index is 11.9. The smallest absolute Gasteiger partial charge is 0.136 e. The van der Waals surface area contributed by atoms with Crippen LogP contribution in [0.5, 0.6) is 5.75 Å². The zero-order valence-electron chi connectivity index (χ0n) is 12.0. The molecule has 0 amide bonds. The van der Waals surface area contributed by atoms with E-state index < -0.39 is 0 Å². The molecule has 0 aromatic heterocycles. The number of Topliss-reactive ketones (excluding diaryl/α,β-unsaturated/α-hetero) is 1. The van der Waals surface area contributed by atoms with Crippen LogP contribution in [0.3, 0.4) is 0 Å². The third-order valence-electron chi connectivity index (χ3n) is 4.23. The highest BCUT2D eigenvalue weighted by molar-refractivity contribution is 5.81. The number of para-hydroxylation sites is 1. The first kappa shape index (κ1) is 14.1. The van der Waals surface area contributed by atoms with E-state index in [9.17, 15) is 4.79 Å². The highest BCUT2D eigenvalue weighted by atomic mass is 16.5. The van der Waals surface area contributed by atoms with Gasteiger partial charge in [0.15, 0.2) is 0 Å². The molecule has 1 saturated carbocycles. The van der Waals surface area contributed by atoms with Gasteiger partial charge in [-0.15, -0.1) is 0 Å². The van der Waals surface area contributed by atoms with Gasteiger partial charge in [-0.1, -0.05) is 32.0 Å². The van der Waals surface area contributed by atoms with Crippen molar-refractivity contribution in [1.82, 2.24) is 0 Å². The molecular weight excluding hydrogens is 236 g/mol. The van der Waals surface area contributed by atoms with Crippen LogP contribution in [-0.2, 0) is 4.79 Å². The summed E-state index contributed by atoms with van der Waals surface area (Å²) >= 11 is 0. The number of benzene rings is 1. The van der Waals surface area contributed by atoms with E-state index in [4.69, 9.17) is 4.74 Å². The normalized spacial score (nSPS) is 23.6. The van der Waals surface area contributed by atoms with Gasteiger partial charge in [-0.2, -0.15) is 0 Å². The third-order valence-corrected chi connectivity index (χ3v) is 4.23. The number of ether oxygens (including phenoxy) is 1. The maximum Gasteiger partial charge on any atom is 0.136 e. The number of ketones is 1. The van der Waals surface area contributed by atoms with Crippen LogP contribution in [0, 0.1) is 17.8 Å². The SMILES string of the molecule is CC(C)C1CCC(=O)C(CCOc2ccccc2)C1. The molecule has 0 aliphatic heterocycles. The van der Waals surface area contributed by atoms with Crippen LogP contribution in [0.2, 0.25) is 0 Å². The lowest BCUT2D eigenvalue weighted by Gasteiger charge is -2.30. The Morgan fingerprint density at radius 3 is 2.68 bits per heavy atom. The Balaban J connectivity index is 1.79. The van der Waals surface area contributed by atoms with Crippen LogP contribution >= 0.6 is 0 Å². The minimum Gasteiger partial charge on any atom is -0.494 e. The van der Waals surface area contributed by atoms with Crippen molar-refractivity contribution in [3.63, 3.8) is 0 Å². The van der Waals surface area contributed by atoms with E-state index in [1.54, 1.807) is 0 Å². The zero-order valence-corrected chi connectivity index (χ0v) is 12.0. The summed E-state index contributed by atoms with van der Waals surface area (Å²) in [5, 5.41) is 0. The van der Waals surface area contributed by atoms with Gasteiger partial charge < -0.3 is 4.74 Å². The number of carbonyl (C=O) groups excluding carboxylic acids is 1. The molecule has 1 aromatic rings. The Labute approximate surface area is 116 Å². The van der Waals surface area contributed by atoms with Crippen molar-refractivity contribution in [2.75, 3.05) is 6.61 Å². The summed E-state index contributed by atoms with van der Waals surface area (Å²) in [6.07, 6.45) is 3.75. The Hall–Kier alpha value is -1.31. The summed E-state index contributed by atoms with van der Waals surface area (Å²) in [5.41, 5.74) is 0. The van der Waals surface area contributed by atoms with Crippen LogP contribution in [0.4, 0.5) is 0 Å². The molecule has 2 atom stereocenters. The van der Waals surface area contributed by atoms with Crippen LogP contribution in [0.1, 0.15) is 39.5 Å². The third kappa shape index (κ3) is 4.09. The van der Waals surface area contributed by atoms with E-state index in [1.165, 1.54) is 0 Å². The number of carbonyl (C=O) groups is 1. The van der Waals surface area contributed by atoms with Crippen LogP contribution in [0.15, 0.2) is 30.3 Å². The lowest BCUT2D eigenvalue weighted by atomic mass is 9.74. The van der Waals surface area contributed by atoms with Gasteiger partial charge >= 0.3 is 0 Å². The van der Waals surface area contributed by atoms with Gasteiger partial charge in [-0.05, 0) is 43.2 Å². The van der Waals surface area contributed by atoms with Crippen molar-refractivity contribution in [3.05, 3.63) is 30.3 Å². The van der Waals surface area contributed by atoms with E-state index in [2.05, 4.69) is 13.8 Å². The van der Waals surface area contributed by atoms with Gasteiger partial charge in [0.1, 0.15) is 11.5 Å². The quantitative estimate of drug-likeness (QED) is 0.796. The highest BCUT2D eigenvalue weighted by Gasteiger charge is 2.29. The molecule has 0 spiro atoms. The molecule has 0 radical (unpaired) electrons. The summed E-state index contributed by atoms with van der Waals surface area (Å²) in [5.74, 6) is 2.94. The van der Waals surface area contributed by atoms with Gasteiger partial charge in [0, 0.05) is 12.3 Å². The summed E-state index contributed by atoms with van der Waals surface area (Å²) in [6.45, 7) is 5.17. The molecule has 104 valence electrons. The van der Waals surface area contributed by atoms with Crippen LogP contribution < -0.4 is 4.74 Å². The molecule has 2 rings (SSSR count). The molecule has 1 aromatic carbocycles. The maximum absolute atomic E-state index is 11.9. The second-order valence-electron chi connectivity index (χ2n) is 5.89. The van der Waals surface area contributed by atoms with Gasteiger partial charge in [0.25, 0.3) is 0 Å². The minimum absolute atomic E-state index is 0.213. The van der Waals surface area contributed by atoms with Crippen LogP contribution in [0.25, 0.3) is 0 Å². The standard InChI is InChI=1S/C17H24O2/c1-13(2)14-8-9-17(18)15(12-14)10-11-19-16-6-4-3-5-7-16/h3-7,13-15H,8-12H2,1-2H3. The second-order valence-corrected chi connectivity index (χ2v) is 5.89. The monoisotopic (exact) mass is 260 g/mol. The lowest BCUT2D eigenvalue weighted by molar-refractivity contribution is -0.126. The Bertz CT molecular complexity index is 397. The van der Waals surface area contributed by atoms with Crippen molar-refractivity contribution in [1.29, 1.82) is 0 Å². The molecule has 1 aliphatic rings. The van der Waals surface area contributed by atoms with Crippen molar-refractivity contribution in [2.24, 2.45) is 17.8 Å². The summed E-state index contributed by atoms with van der Waals surface area (Å²) < 4.78 is 5.70. The molecular formula is C17H24O2. The van der Waals surface area contributed by atoms with Gasteiger partial charge in [-0.25, -0.2) is 0 Å². The Morgan fingerprint density at radius 1 is 1.26 bits per heavy atom. The predicted molar refractivity (Wildman–Crippen MR) is 77.2 cm³/mol. The van der Waals surface area contributed by atoms with Crippen molar-refractivity contribution in [3.8, 4) is 5.75 Å². The van der Waals surface area contributed by atoms with E-state index in [-0.39, 0.29) is 5.92 Å².